The number of benzene rings is 4. The van der Waals surface area contributed by atoms with Gasteiger partial charge in [-0.2, -0.15) is 19.0 Å². The number of likely N-dealkylation sites (N-methyl/N-ethyl adjacent to an activating group) is 2. The number of aromatic nitrogens is 6. The Morgan fingerprint density at radius 2 is 1.20 bits per heavy atom. The minimum atomic E-state index is -2.92. The van der Waals surface area contributed by atoms with Crippen LogP contribution in [0.15, 0.2) is 89.6 Å². The molecule has 21 heteroatoms. The summed E-state index contributed by atoms with van der Waals surface area (Å²) in [5.74, 6) is -2.53. The molecule has 0 radical (unpaired) electrons. The Hall–Kier alpha value is -7.23. The summed E-state index contributed by atoms with van der Waals surface area (Å²) in [6.07, 6.45) is 2.32. The normalized spacial score (nSPS) is 16.0. The van der Waals surface area contributed by atoms with E-state index in [9.17, 15) is 27.6 Å². The molecule has 5 heterocycles. The van der Waals surface area contributed by atoms with Crippen LogP contribution in [0.1, 0.15) is 46.6 Å². The van der Waals surface area contributed by atoms with E-state index in [1.807, 2.05) is 83.6 Å². The second-order valence-corrected chi connectivity index (χ2v) is 18.0. The van der Waals surface area contributed by atoms with Gasteiger partial charge in [0, 0.05) is 96.8 Å². The van der Waals surface area contributed by atoms with Gasteiger partial charge in [-0.1, -0.05) is 18.2 Å². The zero-order chi connectivity index (χ0) is 50.0. The molecule has 17 nitrogen and oxygen atoms in total. The fourth-order valence-electron chi connectivity index (χ4n) is 8.71. The Labute approximate surface area is 401 Å². The smallest absolute Gasteiger partial charge is 0.324 e. The molecular formula is C49H55F4N13O4. The first-order valence-electron chi connectivity index (χ1n) is 22.7. The molecule has 2 aliphatic heterocycles. The van der Waals surface area contributed by atoms with Gasteiger partial charge in [0.05, 0.1) is 43.1 Å². The van der Waals surface area contributed by atoms with Crippen LogP contribution in [0.25, 0.3) is 33.3 Å². The van der Waals surface area contributed by atoms with Crippen molar-refractivity contribution in [2.75, 3.05) is 70.7 Å². The zero-order valence-corrected chi connectivity index (χ0v) is 39.8. The lowest BCUT2D eigenvalue weighted by molar-refractivity contribution is 0.100. The van der Waals surface area contributed by atoms with Gasteiger partial charge in [-0.05, 0) is 95.6 Å². The number of carbonyl (C=O) groups is 3. The summed E-state index contributed by atoms with van der Waals surface area (Å²) in [4.78, 5) is 50.1. The monoisotopic (exact) mass is 965 g/mol. The van der Waals surface area contributed by atoms with Crippen LogP contribution in [-0.2, 0) is 27.2 Å². The number of nitrogens with zero attached hydrogens (tertiary/aromatic N) is 12. The predicted molar refractivity (Wildman–Crippen MR) is 256 cm³/mol. The number of rotatable bonds is 12. The number of hydrogen-bond acceptors (Lipinski definition) is 11. The second-order valence-electron chi connectivity index (χ2n) is 18.0. The van der Waals surface area contributed by atoms with Crippen LogP contribution in [0.3, 0.4) is 0 Å². The summed E-state index contributed by atoms with van der Waals surface area (Å²) in [5.41, 5.74) is 9.35. The first kappa shape index (κ1) is 49.2. The summed E-state index contributed by atoms with van der Waals surface area (Å²) in [7, 11) is 11.6. The molecule has 3 aromatic heterocycles. The number of Topliss-reactive ketones (excluding diaryl/α,β-unsaturated/α-hetero) is 1. The maximum atomic E-state index is 15.2. The quantitative estimate of drug-likeness (QED) is 0.0981. The van der Waals surface area contributed by atoms with Gasteiger partial charge in [0.1, 0.15) is 11.6 Å². The Balaban J connectivity index is 0.000000190. The SMILES string of the molecule is CN(C)[C@@H]1CCN(C(=O)N(Cc2ccc(-c3nnc(C(F)F)o3)cc2F)c2ccc3cnn(C)c3c2)C1.CN(C)[C@@H]1CCN(C(=O)N(Cc2ccc(C(=O)CN)cc2F)c2ccc3cnn(C)c3c2)C1. The molecule has 0 aliphatic carbocycles. The Morgan fingerprint density at radius 3 is 1.63 bits per heavy atom. The van der Waals surface area contributed by atoms with Crippen LogP contribution in [0, 0.1) is 11.6 Å². The molecule has 0 bridgehead atoms. The number of fused-ring (bicyclic) bond motifs is 2. The average molecular weight is 966 g/mol. The van der Waals surface area contributed by atoms with E-state index in [1.165, 1.54) is 18.2 Å². The largest absolute Gasteiger partial charge is 0.415 e. The van der Waals surface area contributed by atoms with Crippen molar-refractivity contribution in [1.29, 1.82) is 0 Å². The minimum Gasteiger partial charge on any atom is -0.415 e. The standard InChI is InChI=1S/C25H26F3N7O2.C24H29FN6O2/c1-32(2)19-8-9-34(14-19)25(36)35(18-7-6-16-12-29-33(3)21(16)11-18)13-17-5-4-15(10-20(17)26)23-30-31-24(37-23)22(27)28;1-28(2)20-8-9-30(15-20)24(33)31(19-7-6-17-13-27-29(3)22(17)11-19)14-18-5-4-16(10-21(18)25)23(32)12-26/h4-7,10-12,19,22H,8-9,13-14H2,1-3H3;4-7,10-11,13,20H,8-9,12,14-15,26H2,1-3H3/t19-;20-/m11/s1. The molecule has 4 amide bonds. The van der Waals surface area contributed by atoms with Crippen molar-refractivity contribution in [3.63, 3.8) is 0 Å². The highest BCUT2D eigenvalue weighted by Gasteiger charge is 2.33. The van der Waals surface area contributed by atoms with Gasteiger partial charge in [0.15, 0.2) is 5.78 Å². The van der Waals surface area contributed by atoms with Crippen LogP contribution in [0.4, 0.5) is 38.5 Å². The van der Waals surface area contributed by atoms with Crippen molar-refractivity contribution in [2.45, 2.75) is 44.4 Å². The molecule has 9 rings (SSSR count). The lowest BCUT2D eigenvalue weighted by atomic mass is 10.1. The molecule has 4 aromatic carbocycles. The summed E-state index contributed by atoms with van der Waals surface area (Å²) < 4.78 is 64.2. The van der Waals surface area contributed by atoms with Gasteiger partial charge in [-0.3, -0.25) is 24.0 Å². The maximum absolute atomic E-state index is 15.2. The molecule has 2 atom stereocenters. The summed E-state index contributed by atoms with van der Waals surface area (Å²) in [6, 6.07) is 19.8. The van der Waals surface area contributed by atoms with E-state index in [-0.39, 0.29) is 72.1 Å². The van der Waals surface area contributed by atoms with Crippen molar-refractivity contribution >= 4 is 51.0 Å². The molecular weight excluding hydrogens is 911 g/mol. The third-order valence-electron chi connectivity index (χ3n) is 13.0. The molecule has 0 unspecified atom stereocenters. The Kier molecular flexibility index (Phi) is 14.6. The van der Waals surface area contributed by atoms with E-state index in [1.54, 1.807) is 48.6 Å². The molecule has 7 aromatic rings. The van der Waals surface area contributed by atoms with Crippen molar-refractivity contribution in [1.82, 2.24) is 49.4 Å². The van der Waals surface area contributed by atoms with Crippen LogP contribution >= 0.6 is 0 Å². The number of anilines is 2. The predicted octanol–water partition coefficient (Wildman–Crippen LogP) is 7.08. The fourth-order valence-corrected chi connectivity index (χ4v) is 8.71. The van der Waals surface area contributed by atoms with Gasteiger partial charge in [0.25, 0.3) is 5.89 Å². The van der Waals surface area contributed by atoms with Gasteiger partial charge >= 0.3 is 18.5 Å². The van der Waals surface area contributed by atoms with Crippen molar-refractivity contribution < 1.29 is 36.4 Å². The summed E-state index contributed by atoms with van der Waals surface area (Å²) in [5, 5.41) is 17.3. The molecule has 0 spiro atoms. The molecule has 2 saturated heterocycles. The fraction of sp³-hybridized carbons (Fsp3) is 0.367. The van der Waals surface area contributed by atoms with Crippen molar-refractivity contribution in [3.05, 3.63) is 119 Å². The van der Waals surface area contributed by atoms with Gasteiger partial charge in [-0.15, -0.1) is 10.2 Å². The zero-order valence-electron chi connectivity index (χ0n) is 39.8. The molecule has 2 fully saturated rings. The summed E-state index contributed by atoms with van der Waals surface area (Å²) >= 11 is 0. The van der Waals surface area contributed by atoms with Crippen LogP contribution in [0.5, 0.6) is 0 Å². The van der Waals surface area contributed by atoms with E-state index in [2.05, 4.69) is 30.2 Å². The van der Waals surface area contributed by atoms with Crippen LogP contribution in [-0.4, -0.2) is 140 Å². The van der Waals surface area contributed by atoms with E-state index in [0.29, 0.717) is 43.1 Å². The maximum Gasteiger partial charge on any atom is 0.324 e. The number of aryl methyl sites for hydroxylation is 2. The first-order chi connectivity index (χ1) is 33.5. The lowest BCUT2D eigenvalue weighted by Crippen LogP contribution is -2.43. The first-order valence-corrected chi connectivity index (χ1v) is 22.7. The van der Waals surface area contributed by atoms with E-state index in [4.69, 9.17) is 10.2 Å². The molecule has 70 heavy (non-hydrogen) atoms. The van der Waals surface area contributed by atoms with E-state index >= 15 is 4.39 Å². The van der Waals surface area contributed by atoms with E-state index in [0.717, 1.165) is 40.7 Å². The average Bonchev–Trinajstić information content (AvgIpc) is 4.22. The molecule has 2 N–H and O–H groups in total. The molecule has 368 valence electrons. The lowest BCUT2D eigenvalue weighted by Gasteiger charge is -2.29. The number of hydrogen-bond donors (Lipinski definition) is 1. The number of urea groups is 2. The molecule has 2 aliphatic rings. The Bertz CT molecular complexity index is 3030. The van der Waals surface area contributed by atoms with Crippen molar-refractivity contribution in [2.24, 2.45) is 19.8 Å². The third-order valence-corrected chi connectivity index (χ3v) is 13.0. The van der Waals surface area contributed by atoms with Gasteiger partial charge < -0.3 is 29.8 Å². The van der Waals surface area contributed by atoms with Crippen LogP contribution < -0.4 is 15.5 Å². The highest BCUT2D eigenvalue weighted by Crippen LogP contribution is 2.31. The van der Waals surface area contributed by atoms with Gasteiger partial charge in [-0.25, -0.2) is 18.4 Å². The second kappa shape index (κ2) is 20.8. The number of alkyl halides is 2. The minimum absolute atomic E-state index is 0.0360. The topological polar surface area (TPSA) is 171 Å². The highest BCUT2D eigenvalue weighted by atomic mass is 19.3. The Morgan fingerprint density at radius 1 is 0.700 bits per heavy atom. The highest BCUT2D eigenvalue weighted by molar-refractivity contribution is 5.98. The number of carbonyl (C=O) groups excluding carboxylic acids is 3. The number of likely N-dealkylation sites (tertiary alicyclic amines) is 2. The van der Waals surface area contributed by atoms with Crippen molar-refractivity contribution in [3.8, 4) is 11.5 Å². The number of nitrogens with two attached hydrogens (primary N) is 1. The third kappa shape index (κ3) is 10.5. The molecule has 0 saturated carbocycles. The summed E-state index contributed by atoms with van der Waals surface area (Å²) in [6.45, 7) is 2.23. The number of ketones is 1. The van der Waals surface area contributed by atoms with E-state index < -0.39 is 24.0 Å². The number of amides is 4. The number of halogens is 4. The van der Waals surface area contributed by atoms with Gasteiger partial charge in [0.2, 0.25) is 5.89 Å². The van der Waals surface area contributed by atoms with Crippen LogP contribution in [0.2, 0.25) is 0 Å².